The summed E-state index contributed by atoms with van der Waals surface area (Å²) in [5.41, 5.74) is 0. The van der Waals surface area contributed by atoms with Gasteiger partial charge in [0.05, 0.1) is 11.8 Å². The maximum absolute atomic E-state index is 11.9. The molecule has 0 aromatic carbocycles. The summed E-state index contributed by atoms with van der Waals surface area (Å²) in [5, 5.41) is 3.59. The molecule has 92 valence electrons. The van der Waals surface area contributed by atoms with Gasteiger partial charge < -0.3 is 4.90 Å². The predicted molar refractivity (Wildman–Crippen MR) is 63.3 cm³/mol. The van der Waals surface area contributed by atoms with Crippen LogP contribution in [-0.4, -0.2) is 41.5 Å². The van der Waals surface area contributed by atoms with E-state index in [-0.39, 0.29) is 24.5 Å². The van der Waals surface area contributed by atoms with Crippen molar-refractivity contribution < 1.29 is 4.79 Å². The average Bonchev–Trinajstić information content (AvgIpc) is 2.35. The van der Waals surface area contributed by atoms with Gasteiger partial charge in [-0.15, -0.1) is 16.5 Å². The van der Waals surface area contributed by atoms with Crippen molar-refractivity contribution in [3.8, 4) is 0 Å². The van der Waals surface area contributed by atoms with E-state index in [4.69, 9.17) is 11.6 Å². The first-order valence-corrected chi connectivity index (χ1v) is 6.17. The quantitative estimate of drug-likeness (QED) is 0.436. The molecule has 5 nitrogen and oxygen atoms in total. The Morgan fingerprint density at radius 3 is 2.50 bits per heavy atom. The molecule has 16 heavy (non-hydrogen) atoms. The number of hydrogen-bond donors (Lipinski definition) is 0. The second-order valence-corrected chi connectivity index (χ2v) is 4.46. The van der Waals surface area contributed by atoms with Crippen LogP contribution in [0.1, 0.15) is 32.1 Å². The number of carbonyl (C=O) groups excluding carboxylic acids is 1. The number of urea groups is 1. The fraction of sp³-hybridized carbons (Fsp3) is 0.900. The normalized spacial score (nSPS) is 16.9. The highest BCUT2D eigenvalue weighted by molar-refractivity contribution is 6.18. The molecule has 0 aromatic heterocycles. The van der Waals surface area contributed by atoms with Crippen LogP contribution >= 0.6 is 11.6 Å². The van der Waals surface area contributed by atoms with Crippen molar-refractivity contribution in [1.82, 2.24) is 9.91 Å². The van der Waals surface area contributed by atoms with Gasteiger partial charge in [0, 0.05) is 19.0 Å². The van der Waals surface area contributed by atoms with Crippen LogP contribution in [-0.2, 0) is 0 Å². The number of alkyl halides is 1. The van der Waals surface area contributed by atoms with E-state index in [2.05, 4.69) is 5.29 Å². The Morgan fingerprint density at radius 1 is 1.38 bits per heavy atom. The van der Waals surface area contributed by atoms with E-state index < -0.39 is 0 Å². The Morgan fingerprint density at radius 2 is 2.00 bits per heavy atom. The smallest absolute Gasteiger partial charge is 0.323 e. The van der Waals surface area contributed by atoms with Crippen LogP contribution < -0.4 is 0 Å². The van der Waals surface area contributed by atoms with E-state index in [0.717, 1.165) is 30.7 Å². The van der Waals surface area contributed by atoms with Gasteiger partial charge in [0.15, 0.2) is 0 Å². The highest BCUT2D eigenvalue weighted by Crippen LogP contribution is 2.22. The van der Waals surface area contributed by atoms with Gasteiger partial charge in [-0.25, -0.2) is 4.79 Å². The predicted octanol–water partition coefficient (Wildman–Crippen LogP) is 2.59. The second-order valence-electron chi connectivity index (χ2n) is 4.08. The number of amides is 2. The molecule has 6 heteroatoms. The van der Waals surface area contributed by atoms with Crippen LogP contribution in [0, 0.1) is 4.91 Å². The molecule has 0 radical (unpaired) electrons. The van der Waals surface area contributed by atoms with E-state index in [9.17, 15) is 9.70 Å². The van der Waals surface area contributed by atoms with Gasteiger partial charge in [-0.05, 0) is 12.8 Å². The van der Waals surface area contributed by atoms with Crippen molar-refractivity contribution in [3.63, 3.8) is 0 Å². The minimum Gasteiger partial charge on any atom is -0.323 e. The van der Waals surface area contributed by atoms with Gasteiger partial charge in [-0.2, -0.15) is 5.01 Å². The van der Waals surface area contributed by atoms with E-state index in [1.807, 2.05) is 0 Å². The van der Waals surface area contributed by atoms with Gasteiger partial charge in [0.25, 0.3) is 0 Å². The molecule has 2 amide bonds. The van der Waals surface area contributed by atoms with Crippen LogP contribution in [0.3, 0.4) is 0 Å². The summed E-state index contributed by atoms with van der Waals surface area (Å²) in [4.78, 5) is 24.0. The Balaban J connectivity index is 2.53. The molecule has 1 rings (SSSR count). The first-order chi connectivity index (χ1) is 7.70. The maximum atomic E-state index is 11.9. The average molecular weight is 248 g/mol. The molecule has 0 aromatic rings. The van der Waals surface area contributed by atoms with Crippen LogP contribution in [0.15, 0.2) is 5.29 Å². The van der Waals surface area contributed by atoms with E-state index in [0.29, 0.717) is 0 Å². The third-order valence-electron chi connectivity index (χ3n) is 3.04. The zero-order valence-electron chi connectivity index (χ0n) is 9.56. The SMILES string of the molecule is CN(C(=O)N(CCCl)N=O)C1CCCCC1. The lowest BCUT2D eigenvalue weighted by Crippen LogP contribution is -2.45. The van der Waals surface area contributed by atoms with Crippen molar-refractivity contribution in [2.75, 3.05) is 19.5 Å². The monoisotopic (exact) mass is 247 g/mol. The zero-order valence-corrected chi connectivity index (χ0v) is 10.3. The molecule has 1 aliphatic rings. The van der Waals surface area contributed by atoms with Crippen LogP contribution in [0.5, 0.6) is 0 Å². The largest absolute Gasteiger partial charge is 0.343 e. The lowest BCUT2D eigenvalue weighted by atomic mass is 9.95. The van der Waals surface area contributed by atoms with Gasteiger partial charge in [-0.1, -0.05) is 19.3 Å². The van der Waals surface area contributed by atoms with Crippen LogP contribution in [0.25, 0.3) is 0 Å². The van der Waals surface area contributed by atoms with Gasteiger partial charge >= 0.3 is 6.03 Å². The molecule has 0 bridgehead atoms. The topological polar surface area (TPSA) is 53.0 Å². The molecule has 0 spiro atoms. The minimum absolute atomic E-state index is 0.168. The molecule has 0 N–H and O–H groups in total. The molecular formula is C10H18ClN3O2. The minimum atomic E-state index is -0.345. The molecule has 1 aliphatic carbocycles. The van der Waals surface area contributed by atoms with Crippen molar-refractivity contribution in [2.45, 2.75) is 38.1 Å². The van der Waals surface area contributed by atoms with E-state index in [1.54, 1.807) is 11.9 Å². The number of halogens is 1. The fourth-order valence-corrected chi connectivity index (χ4v) is 2.22. The van der Waals surface area contributed by atoms with Crippen molar-refractivity contribution >= 4 is 17.6 Å². The summed E-state index contributed by atoms with van der Waals surface area (Å²) >= 11 is 5.50. The maximum Gasteiger partial charge on any atom is 0.343 e. The third kappa shape index (κ3) is 3.33. The molecule has 0 aliphatic heterocycles. The molecule has 0 unspecified atom stereocenters. The van der Waals surface area contributed by atoms with Crippen LogP contribution in [0.2, 0.25) is 0 Å². The fourth-order valence-electron chi connectivity index (χ4n) is 2.06. The molecule has 1 saturated carbocycles. The highest BCUT2D eigenvalue weighted by atomic mass is 35.5. The van der Waals surface area contributed by atoms with E-state index >= 15 is 0 Å². The number of carbonyl (C=O) groups is 1. The first kappa shape index (κ1) is 13.2. The van der Waals surface area contributed by atoms with Crippen LogP contribution in [0.4, 0.5) is 4.79 Å². The van der Waals surface area contributed by atoms with Crippen molar-refractivity contribution in [3.05, 3.63) is 4.91 Å². The number of hydrogen-bond acceptors (Lipinski definition) is 3. The Hall–Kier alpha value is -0.840. The van der Waals surface area contributed by atoms with Gasteiger partial charge in [0.1, 0.15) is 0 Å². The molecule has 0 saturated heterocycles. The Labute approximate surface area is 101 Å². The molecule has 1 fully saturated rings. The lowest BCUT2D eigenvalue weighted by molar-refractivity contribution is 0.137. The van der Waals surface area contributed by atoms with E-state index in [1.165, 1.54) is 6.42 Å². The number of nitrogens with zero attached hydrogens (tertiary/aromatic N) is 3. The molecule has 0 heterocycles. The number of nitroso groups, excluding NO2 is 1. The Kier molecular flexibility index (Phi) is 5.52. The van der Waals surface area contributed by atoms with Crippen molar-refractivity contribution in [1.29, 1.82) is 0 Å². The first-order valence-electron chi connectivity index (χ1n) is 5.64. The Bertz CT molecular complexity index is 244. The second kappa shape index (κ2) is 6.68. The van der Waals surface area contributed by atoms with Crippen molar-refractivity contribution in [2.24, 2.45) is 5.29 Å². The summed E-state index contributed by atoms with van der Waals surface area (Å²) in [5.74, 6) is 0.218. The van der Waals surface area contributed by atoms with Gasteiger partial charge in [-0.3, -0.25) is 0 Å². The number of rotatable bonds is 4. The van der Waals surface area contributed by atoms with Gasteiger partial charge in [0.2, 0.25) is 0 Å². The summed E-state index contributed by atoms with van der Waals surface area (Å²) in [6.07, 6.45) is 5.54. The lowest BCUT2D eigenvalue weighted by Gasteiger charge is -2.32. The summed E-state index contributed by atoms with van der Waals surface area (Å²) in [7, 11) is 1.73. The summed E-state index contributed by atoms with van der Waals surface area (Å²) in [6, 6.07) is -0.108. The summed E-state index contributed by atoms with van der Waals surface area (Å²) < 4.78 is 0. The summed E-state index contributed by atoms with van der Waals surface area (Å²) in [6.45, 7) is 0.168. The molecular weight excluding hydrogens is 230 g/mol. The third-order valence-corrected chi connectivity index (χ3v) is 3.21. The highest BCUT2D eigenvalue weighted by Gasteiger charge is 2.26. The standard InChI is InChI=1S/C10H18ClN3O2/c1-13(9-5-3-2-4-6-9)10(15)14(12-16)8-7-11/h9H,2-8H2,1H3. The molecule has 0 atom stereocenters. The zero-order chi connectivity index (χ0) is 12.0.